The Hall–Kier alpha value is -1.40. The molecule has 1 aromatic carbocycles. The van der Waals surface area contributed by atoms with E-state index in [4.69, 9.17) is 5.11 Å². The van der Waals surface area contributed by atoms with Crippen molar-refractivity contribution in [3.8, 4) is 0 Å². The van der Waals surface area contributed by atoms with Gasteiger partial charge in [0.25, 0.3) is 0 Å². The molecule has 0 saturated carbocycles. The molecular weight excluding hydrogens is 278 g/mol. The molecule has 0 aliphatic heterocycles. The van der Waals surface area contributed by atoms with E-state index in [1.165, 1.54) is 12.1 Å². The molecule has 112 valence electrons. The summed E-state index contributed by atoms with van der Waals surface area (Å²) in [6, 6.07) is 3.82. The summed E-state index contributed by atoms with van der Waals surface area (Å²) in [7, 11) is -3.83. The fourth-order valence-electron chi connectivity index (χ4n) is 2.01. The average Bonchev–Trinajstić information content (AvgIpc) is 2.25. The minimum atomic E-state index is -3.83. The highest BCUT2D eigenvalue weighted by molar-refractivity contribution is 7.89. The van der Waals surface area contributed by atoms with Crippen molar-refractivity contribution in [1.82, 2.24) is 4.72 Å². The molecule has 5 nitrogen and oxygen atoms in total. The van der Waals surface area contributed by atoms with E-state index >= 15 is 0 Å². The lowest BCUT2D eigenvalue weighted by molar-refractivity contribution is -0.139. The normalized spacial score (nSPS) is 13.4. The number of nitrogens with one attached hydrogen (secondary N) is 1. The zero-order valence-electron chi connectivity index (χ0n) is 12.2. The van der Waals surface area contributed by atoms with Crippen molar-refractivity contribution in [2.45, 2.75) is 45.1 Å². The third-order valence-corrected chi connectivity index (χ3v) is 4.26. The fourth-order valence-corrected chi connectivity index (χ4v) is 3.40. The van der Waals surface area contributed by atoms with Gasteiger partial charge in [-0.25, -0.2) is 8.42 Å². The quantitative estimate of drug-likeness (QED) is 0.842. The summed E-state index contributed by atoms with van der Waals surface area (Å²) < 4.78 is 26.8. The van der Waals surface area contributed by atoms with Gasteiger partial charge >= 0.3 is 5.97 Å². The number of rotatable bonds is 6. The van der Waals surface area contributed by atoms with Crippen LogP contribution in [0.2, 0.25) is 0 Å². The molecule has 0 aliphatic rings. The number of aliphatic carboxylic acids is 1. The summed E-state index contributed by atoms with van der Waals surface area (Å²) in [4.78, 5) is 11.3. The number of hydrogen-bond acceptors (Lipinski definition) is 3. The number of carboxylic acids is 1. The molecule has 6 heteroatoms. The molecule has 2 N–H and O–H groups in total. The summed E-state index contributed by atoms with van der Waals surface area (Å²) in [6.07, 6.45) is 0.249. The first kappa shape index (κ1) is 16.7. The van der Waals surface area contributed by atoms with Crippen molar-refractivity contribution in [2.24, 2.45) is 5.92 Å². The van der Waals surface area contributed by atoms with Gasteiger partial charge in [-0.3, -0.25) is 4.79 Å². The van der Waals surface area contributed by atoms with Crippen LogP contribution < -0.4 is 4.72 Å². The highest BCUT2D eigenvalue weighted by Crippen LogP contribution is 2.16. The number of benzene rings is 1. The lowest BCUT2D eigenvalue weighted by Gasteiger charge is -2.17. The molecule has 20 heavy (non-hydrogen) atoms. The van der Waals surface area contributed by atoms with E-state index in [1.807, 2.05) is 19.9 Å². The summed E-state index contributed by atoms with van der Waals surface area (Å²) in [5, 5.41) is 9.11. The van der Waals surface area contributed by atoms with E-state index in [1.54, 1.807) is 13.8 Å². The maximum Gasteiger partial charge on any atom is 0.321 e. The highest BCUT2D eigenvalue weighted by Gasteiger charge is 2.26. The maximum atomic E-state index is 12.3. The van der Waals surface area contributed by atoms with Gasteiger partial charge in [0, 0.05) is 0 Å². The molecule has 1 atom stereocenters. The van der Waals surface area contributed by atoms with Gasteiger partial charge in [-0.1, -0.05) is 19.9 Å². The van der Waals surface area contributed by atoms with Crippen molar-refractivity contribution in [3.63, 3.8) is 0 Å². The molecule has 0 saturated heterocycles. The number of aryl methyl sites for hydroxylation is 2. The Bertz CT molecular complexity index is 573. The first-order valence-corrected chi connectivity index (χ1v) is 7.93. The van der Waals surface area contributed by atoms with Gasteiger partial charge in [-0.2, -0.15) is 4.72 Å². The third kappa shape index (κ3) is 4.61. The molecule has 0 heterocycles. The molecule has 1 unspecified atom stereocenters. The SMILES string of the molecule is Cc1cc(C)cc(S(=O)(=O)NC(CC(C)C)C(=O)O)c1. The van der Waals surface area contributed by atoms with Gasteiger partial charge in [0.15, 0.2) is 0 Å². The Labute approximate surface area is 120 Å². The van der Waals surface area contributed by atoms with Crippen LogP contribution in [-0.4, -0.2) is 25.5 Å². The number of carbonyl (C=O) groups is 1. The molecule has 0 aromatic heterocycles. The highest BCUT2D eigenvalue weighted by atomic mass is 32.2. The van der Waals surface area contributed by atoms with E-state index in [-0.39, 0.29) is 17.2 Å². The van der Waals surface area contributed by atoms with E-state index in [2.05, 4.69) is 4.72 Å². The molecular formula is C14H21NO4S. The Kier molecular flexibility index (Phi) is 5.30. The summed E-state index contributed by atoms with van der Waals surface area (Å²) in [5.74, 6) is -1.08. The first-order chi connectivity index (χ1) is 9.11. The second-order valence-corrected chi connectivity index (χ2v) is 7.18. The molecule has 0 fully saturated rings. The van der Waals surface area contributed by atoms with Crippen molar-refractivity contribution in [1.29, 1.82) is 0 Å². The molecule has 0 spiro atoms. The fraction of sp³-hybridized carbons (Fsp3) is 0.500. The number of hydrogen-bond donors (Lipinski definition) is 2. The average molecular weight is 299 g/mol. The van der Waals surface area contributed by atoms with Gasteiger partial charge in [0.1, 0.15) is 6.04 Å². The Morgan fingerprint density at radius 3 is 2.10 bits per heavy atom. The lowest BCUT2D eigenvalue weighted by atomic mass is 10.1. The van der Waals surface area contributed by atoms with Crippen LogP contribution in [0.15, 0.2) is 23.1 Å². The summed E-state index contributed by atoms with van der Waals surface area (Å²) >= 11 is 0. The van der Waals surface area contributed by atoms with Crippen LogP contribution in [0.25, 0.3) is 0 Å². The first-order valence-electron chi connectivity index (χ1n) is 6.45. The van der Waals surface area contributed by atoms with Crippen LogP contribution in [0.5, 0.6) is 0 Å². The Morgan fingerprint density at radius 2 is 1.70 bits per heavy atom. The van der Waals surface area contributed by atoms with Crippen molar-refractivity contribution < 1.29 is 18.3 Å². The smallest absolute Gasteiger partial charge is 0.321 e. The third-order valence-electron chi connectivity index (χ3n) is 2.81. The number of sulfonamides is 1. The predicted octanol–water partition coefficient (Wildman–Crippen LogP) is 2.08. The molecule has 1 rings (SSSR count). The van der Waals surface area contributed by atoms with Crippen LogP contribution >= 0.6 is 0 Å². The van der Waals surface area contributed by atoms with Gasteiger partial charge in [0.05, 0.1) is 4.90 Å². The van der Waals surface area contributed by atoms with Crippen LogP contribution in [-0.2, 0) is 14.8 Å². The molecule has 1 aromatic rings. The second kappa shape index (κ2) is 6.37. The Morgan fingerprint density at radius 1 is 1.20 bits per heavy atom. The standard InChI is InChI=1S/C14H21NO4S/c1-9(2)5-13(14(16)17)15-20(18,19)12-7-10(3)6-11(4)8-12/h6-9,13,15H,5H2,1-4H3,(H,16,17). The Balaban J connectivity index is 3.06. The van der Waals surface area contributed by atoms with Crippen molar-refractivity contribution >= 4 is 16.0 Å². The van der Waals surface area contributed by atoms with E-state index in [9.17, 15) is 13.2 Å². The van der Waals surface area contributed by atoms with Crippen LogP contribution in [0.3, 0.4) is 0 Å². The van der Waals surface area contributed by atoms with Crippen molar-refractivity contribution in [2.75, 3.05) is 0 Å². The largest absolute Gasteiger partial charge is 0.480 e. The van der Waals surface area contributed by atoms with E-state index < -0.39 is 22.0 Å². The topological polar surface area (TPSA) is 83.5 Å². The molecule has 0 amide bonds. The van der Waals surface area contributed by atoms with Crippen LogP contribution in [0.4, 0.5) is 0 Å². The van der Waals surface area contributed by atoms with Crippen LogP contribution in [0.1, 0.15) is 31.4 Å². The zero-order valence-corrected chi connectivity index (χ0v) is 13.0. The molecule has 0 aliphatic carbocycles. The minimum Gasteiger partial charge on any atom is -0.480 e. The summed E-state index contributed by atoms with van der Waals surface area (Å²) in [6.45, 7) is 7.30. The van der Waals surface area contributed by atoms with Gasteiger partial charge < -0.3 is 5.11 Å². The van der Waals surface area contributed by atoms with Gasteiger partial charge in [-0.05, 0) is 49.4 Å². The van der Waals surface area contributed by atoms with E-state index in [0.29, 0.717) is 0 Å². The van der Waals surface area contributed by atoms with E-state index in [0.717, 1.165) is 11.1 Å². The minimum absolute atomic E-state index is 0.0815. The monoisotopic (exact) mass is 299 g/mol. The molecule has 0 radical (unpaired) electrons. The zero-order chi connectivity index (χ0) is 15.5. The van der Waals surface area contributed by atoms with Crippen LogP contribution in [0, 0.1) is 19.8 Å². The van der Waals surface area contributed by atoms with Gasteiger partial charge in [0.2, 0.25) is 10.0 Å². The number of carboxylic acid groups (broad SMARTS) is 1. The van der Waals surface area contributed by atoms with Crippen molar-refractivity contribution in [3.05, 3.63) is 29.3 Å². The molecule has 0 bridgehead atoms. The maximum absolute atomic E-state index is 12.3. The lowest BCUT2D eigenvalue weighted by Crippen LogP contribution is -2.41. The van der Waals surface area contributed by atoms with Gasteiger partial charge in [-0.15, -0.1) is 0 Å². The second-order valence-electron chi connectivity index (χ2n) is 5.47. The summed E-state index contributed by atoms with van der Waals surface area (Å²) in [5.41, 5.74) is 1.64. The predicted molar refractivity (Wildman–Crippen MR) is 77.1 cm³/mol.